The van der Waals surface area contributed by atoms with Crippen molar-refractivity contribution in [1.29, 1.82) is 0 Å². The van der Waals surface area contributed by atoms with Crippen molar-refractivity contribution in [3.8, 4) is 0 Å². The average molecular weight is 478 g/mol. The number of hydrogen-bond acceptors (Lipinski definition) is 8. The molecule has 11 nitrogen and oxygen atoms in total. The molecule has 1 aromatic carbocycles. The first-order valence-corrected chi connectivity index (χ1v) is 11.1. The molecule has 11 heteroatoms. The van der Waals surface area contributed by atoms with Gasteiger partial charge in [0.25, 0.3) is 11.8 Å². The first-order chi connectivity index (χ1) is 16.0. The van der Waals surface area contributed by atoms with E-state index in [9.17, 15) is 24.0 Å². The van der Waals surface area contributed by atoms with E-state index in [0.717, 1.165) is 5.56 Å². The van der Waals surface area contributed by atoms with Crippen molar-refractivity contribution in [2.24, 2.45) is 0 Å². The van der Waals surface area contributed by atoms with Crippen molar-refractivity contribution in [2.75, 3.05) is 6.54 Å². The molecule has 1 aliphatic heterocycles. The molecule has 2 rings (SSSR count). The lowest BCUT2D eigenvalue weighted by Crippen LogP contribution is -2.45. The lowest BCUT2D eigenvalue weighted by atomic mass is 10.1. The number of benzene rings is 1. The molecule has 0 aliphatic carbocycles. The maximum Gasteiger partial charge on any atom is 0.408 e. The van der Waals surface area contributed by atoms with Crippen LogP contribution >= 0.6 is 0 Å². The monoisotopic (exact) mass is 477 g/mol. The van der Waals surface area contributed by atoms with Crippen LogP contribution in [0, 0.1) is 0 Å². The number of rotatable bonds is 10. The van der Waals surface area contributed by atoms with Gasteiger partial charge in [-0.3, -0.25) is 9.59 Å². The fraction of sp³-hybridized carbons (Fsp3) is 0.522. The van der Waals surface area contributed by atoms with E-state index in [1.807, 2.05) is 6.07 Å². The van der Waals surface area contributed by atoms with Crippen LogP contribution in [-0.2, 0) is 35.3 Å². The summed E-state index contributed by atoms with van der Waals surface area (Å²) in [5, 5.41) is 5.46. The van der Waals surface area contributed by atoms with Crippen LogP contribution in [0.1, 0.15) is 58.4 Å². The highest BCUT2D eigenvalue weighted by Gasteiger charge is 2.35. The van der Waals surface area contributed by atoms with E-state index in [-0.39, 0.29) is 32.4 Å². The van der Waals surface area contributed by atoms with Crippen LogP contribution in [0.4, 0.5) is 9.59 Å². The number of nitrogens with zero attached hydrogens (tertiary/aromatic N) is 1. The molecule has 1 fully saturated rings. The predicted molar refractivity (Wildman–Crippen MR) is 119 cm³/mol. The number of carbonyl (C=O) groups excluding carboxylic acids is 5. The highest BCUT2D eigenvalue weighted by Crippen LogP contribution is 2.14. The normalized spacial score (nSPS) is 14.4. The first kappa shape index (κ1) is 26.6. The maximum atomic E-state index is 12.6. The van der Waals surface area contributed by atoms with E-state index in [1.54, 1.807) is 45.0 Å². The van der Waals surface area contributed by atoms with E-state index in [2.05, 4.69) is 10.6 Å². The number of hydrogen-bond donors (Lipinski definition) is 2. The predicted octanol–water partition coefficient (Wildman–Crippen LogP) is 2.58. The van der Waals surface area contributed by atoms with Gasteiger partial charge in [-0.15, -0.1) is 5.06 Å². The summed E-state index contributed by atoms with van der Waals surface area (Å²) in [5.74, 6) is -2.20. The summed E-state index contributed by atoms with van der Waals surface area (Å²) in [5.41, 5.74) is 0.145. The number of nitrogens with one attached hydrogen (secondary N) is 2. The number of carbonyl (C=O) groups is 5. The van der Waals surface area contributed by atoms with Crippen LogP contribution in [0.15, 0.2) is 30.3 Å². The number of imide groups is 1. The minimum Gasteiger partial charge on any atom is -0.445 e. The van der Waals surface area contributed by atoms with E-state index < -0.39 is 41.6 Å². The Morgan fingerprint density at radius 2 is 1.65 bits per heavy atom. The van der Waals surface area contributed by atoms with Crippen LogP contribution in [0.5, 0.6) is 0 Å². The maximum absolute atomic E-state index is 12.6. The van der Waals surface area contributed by atoms with Gasteiger partial charge in [0.15, 0.2) is 0 Å². The molecule has 0 saturated carbocycles. The summed E-state index contributed by atoms with van der Waals surface area (Å²) in [6, 6.07) is 7.82. The first-order valence-electron chi connectivity index (χ1n) is 11.1. The van der Waals surface area contributed by atoms with Gasteiger partial charge in [-0.25, -0.2) is 14.4 Å². The van der Waals surface area contributed by atoms with Gasteiger partial charge in [0.2, 0.25) is 0 Å². The van der Waals surface area contributed by atoms with Crippen LogP contribution < -0.4 is 10.6 Å². The highest BCUT2D eigenvalue weighted by atomic mass is 16.7. The Morgan fingerprint density at radius 3 is 2.26 bits per heavy atom. The Balaban J connectivity index is 1.87. The summed E-state index contributed by atoms with van der Waals surface area (Å²) in [7, 11) is 0. The average Bonchev–Trinajstić information content (AvgIpc) is 3.08. The SMILES string of the molecule is CC(C)(C)OC(=O)NCCCC[C@@H](NC(=O)OCc1ccccc1)C(=O)ON1C(=O)CCC1=O. The molecule has 4 amide bonds. The minimum absolute atomic E-state index is 0.00263. The Bertz CT molecular complexity index is 866. The van der Waals surface area contributed by atoms with Crippen molar-refractivity contribution >= 4 is 30.0 Å². The Kier molecular flexibility index (Phi) is 9.84. The third kappa shape index (κ3) is 9.47. The third-order valence-corrected chi connectivity index (χ3v) is 4.56. The largest absolute Gasteiger partial charge is 0.445 e. The summed E-state index contributed by atoms with van der Waals surface area (Å²) in [4.78, 5) is 65.0. The standard InChI is InChI=1S/C23H31N3O8/c1-23(2,3)33-21(30)24-14-8-7-11-17(20(29)34-26-18(27)12-13-19(26)28)25-22(31)32-15-16-9-5-4-6-10-16/h4-6,9-10,17H,7-8,11-15H2,1-3H3,(H,24,30)(H,25,31)/t17-/m1/s1. The number of alkyl carbamates (subject to hydrolysis) is 2. The highest BCUT2D eigenvalue weighted by molar-refractivity contribution is 6.01. The topological polar surface area (TPSA) is 140 Å². The molecular formula is C23H31N3O8. The van der Waals surface area contributed by atoms with Crippen LogP contribution in [0.25, 0.3) is 0 Å². The van der Waals surface area contributed by atoms with Crippen LogP contribution in [-0.4, -0.2) is 53.2 Å². The van der Waals surface area contributed by atoms with Gasteiger partial charge in [-0.05, 0) is 45.6 Å². The molecule has 1 saturated heterocycles. The number of amides is 4. The molecule has 0 unspecified atom stereocenters. The third-order valence-electron chi connectivity index (χ3n) is 4.56. The van der Waals surface area contributed by atoms with Crippen molar-refractivity contribution in [3.05, 3.63) is 35.9 Å². The molecule has 0 spiro atoms. The van der Waals surface area contributed by atoms with Gasteiger partial charge in [-0.2, -0.15) is 0 Å². The summed E-state index contributed by atoms with van der Waals surface area (Å²) in [6.07, 6.45) is -0.471. The molecule has 186 valence electrons. The Labute approximate surface area is 198 Å². The van der Waals surface area contributed by atoms with Crippen molar-refractivity contribution < 1.29 is 38.3 Å². The van der Waals surface area contributed by atoms with Crippen LogP contribution in [0.3, 0.4) is 0 Å². The van der Waals surface area contributed by atoms with Crippen molar-refractivity contribution in [3.63, 3.8) is 0 Å². The van der Waals surface area contributed by atoms with Gasteiger partial charge >= 0.3 is 18.2 Å². The van der Waals surface area contributed by atoms with Crippen molar-refractivity contribution in [2.45, 2.75) is 71.1 Å². The molecular weight excluding hydrogens is 446 g/mol. The summed E-state index contributed by atoms with van der Waals surface area (Å²) >= 11 is 0. The lowest BCUT2D eigenvalue weighted by Gasteiger charge is -2.21. The molecule has 1 atom stereocenters. The van der Waals surface area contributed by atoms with Gasteiger partial charge in [0.05, 0.1) is 0 Å². The van der Waals surface area contributed by atoms with Gasteiger partial charge in [0.1, 0.15) is 18.2 Å². The Hall–Kier alpha value is -3.63. The summed E-state index contributed by atoms with van der Waals surface area (Å²) in [6.45, 7) is 5.54. The van der Waals surface area contributed by atoms with E-state index >= 15 is 0 Å². The molecule has 34 heavy (non-hydrogen) atoms. The van der Waals surface area contributed by atoms with E-state index in [0.29, 0.717) is 17.9 Å². The molecule has 0 bridgehead atoms. The Morgan fingerprint density at radius 1 is 1.00 bits per heavy atom. The smallest absolute Gasteiger partial charge is 0.408 e. The fourth-order valence-corrected chi connectivity index (χ4v) is 2.95. The zero-order valence-corrected chi connectivity index (χ0v) is 19.6. The number of unbranched alkanes of at least 4 members (excludes halogenated alkanes) is 1. The van der Waals surface area contributed by atoms with E-state index in [4.69, 9.17) is 14.3 Å². The van der Waals surface area contributed by atoms with Crippen molar-refractivity contribution in [1.82, 2.24) is 15.7 Å². The second kappa shape index (κ2) is 12.6. The molecule has 1 aromatic rings. The molecule has 1 heterocycles. The fourth-order valence-electron chi connectivity index (χ4n) is 2.95. The van der Waals surface area contributed by atoms with Crippen LogP contribution in [0.2, 0.25) is 0 Å². The number of hydroxylamine groups is 2. The zero-order valence-electron chi connectivity index (χ0n) is 19.6. The minimum atomic E-state index is -1.16. The molecule has 0 radical (unpaired) electrons. The summed E-state index contributed by atoms with van der Waals surface area (Å²) < 4.78 is 10.3. The molecule has 0 aromatic heterocycles. The molecule has 2 N–H and O–H groups in total. The second-order valence-corrected chi connectivity index (χ2v) is 8.68. The van der Waals surface area contributed by atoms with E-state index in [1.165, 1.54) is 0 Å². The van der Waals surface area contributed by atoms with Gasteiger partial charge in [0, 0.05) is 19.4 Å². The molecule has 1 aliphatic rings. The lowest BCUT2D eigenvalue weighted by molar-refractivity contribution is -0.199. The quantitative estimate of drug-likeness (QED) is 0.387. The van der Waals surface area contributed by atoms with Gasteiger partial charge < -0.3 is 24.9 Å². The zero-order chi connectivity index (χ0) is 25.1. The van der Waals surface area contributed by atoms with Gasteiger partial charge in [-0.1, -0.05) is 30.3 Å². The second-order valence-electron chi connectivity index (χ2n) is 8.68. The number of ether oxygens (including phenoxy) is 2.